The first-order valence-corrected chi connectivity index (χ1v) is 6.72. The van der Waals surface area contributed by atoms with Crippen LogP contribution in [-0.2, 0) is 23.8 Å². The predicted octanol–water partition coefficient (Wildman–Crippen LogP) is 2.28. The van der Waals surface area contributed by atoms with Crippen molar-refractivity contribution < 1.29 is 23.8 Å². The second-order valence-corrected chi connectivity index (χ2v) is 5.70. The average Bonchev–Trinajstić information content (AvgIpc) is 2.31. The van der Waals surface area contributed by atoms with Gasteiger partial charge in [0, 0.05) is 18.8 Å². The molecule has 0 spiro atoms. The summed E-state index contributed by atoms with van der Waals surface area (Å²) < 4.78 is 16.4. The Labute approximate surface area is 114 Å². The van der Waals surface area contributed by atoms with Crippen LogP contribution in [0.15, 0.2) is 0 Å². The van der Waals surface area contributed by atoms with Crippen LogP contribution in [0.1, 0.15) is 48.0 Å². The molecule has 0 aromatic heterocycles. The van der Waals surface area contributed by atoms with Gasteiger partial charge in [0.2, 0.25) is 6.29 Å². The third kappa shape index (κ3) is 3.47. The molecule has 0 saturated carbocycles. The molecular formula is C14H24O5. The highest BCUT2D eigenvalue weighted by Gasteiger charge is 2.50. The van der Waals surface area contributed by atoms with Crippen molar-refractivity contribution in [3.63, 3.8) is 0 Å². The van der Waals surface area contributed by atoms with Crippen molar-refractivity contribution in [3.05, 3.63) is 0 Å². The lowest BCUT2D eigenvalue weighted by Crippen LogP contribution is -2.56. The fourth-order valence-electron chi connectivity index (χ4n) is 2.33. The monoisotopic (exact) mass is 272 g/mol. The zero-order valence-corrected chi connectivity index (χ0v) is 12.6. The number of hydrogen-bond donors (Lipinski definition) is 0. The van der Waals surface area contributed by atoms with Crippen LogP contribution < -0.4 is 0 Å². The minimum Gasteiger partial charge on any atom is -0.461 e. The topological polar surface area (TPSA) is 61.8 Å². The predicted molar refractivity (Wildman–Crippen MR) is 69.2 cm³/mol. The molecule has 0 amide bonds. The van der Waals surface area contributed by atoms with Gasteiger partial charge >= 0.3 is 11.9 Å². The molecule has 1 saturated heterocycles. The molecule has 0 aromatic rings. The quantitative estimate of drug-likeness (QED) is 0.738. The molecule has 1 aliphatic rings. The number of ether oxygens (including phenoxy) is 3. The molecule has 1 heterocycles. The van der Waals surface area contributed by atoms with Gasteiger partial charge in [0.15, 0.2) is 0 Å². The van der Waals surface area contributed by atoms with E-state index in [0.29, 0.717) is 6.42 Å². The molecule has 19 heavy (non-hydrogen) atoms. The highest BCUT2D eigenvalue weighted by Crippen LogP contribution is 2.41. The molecular weight excluding hydrogens is 248 g/mol. The number of carbonyl (C=O) groups excluding carboxylic acids is 2. The minimum atomic E-state index is -0.671. The summed E-state index contributed by atoms with van der Waals surface area (Å²) in [6.07, 6.45) is -0.863. The third-order valence-electron chi connectivity index (χ3n) is 3.86. The van der Waals surface area contributed by atoms with E-state index in [-0.39, 0.29) is 29.5 Å². The standard InChI is InChI=1S/C14H24O5/c1-7-11(16)19-12-8(2)13(18-10(4)15)17-9(3)14(12,5)6/h8-9,12-13H,7H2,1-6H3. The second-order valence-electron chi connectivity index (χ2n) is 5.70. The third-order valence-corrected chi connectivity index (χ3v) is 3.86. The van der Waals surface area contributed by atoms with Gasteiger partial charge < -0.3 is 14.2 Å². The summed E-state index contributed by atoms with van der Waals surface area (Å²) in [6.45, 7) is 10.8. The molecule has 0 aliphatic carbocycles. The van der Waals surface area contributed by atoms with E-state index in [0.717, 1.165) is 0 Å². The Balaban J connectivity index is 2.92. The van der Waals surface area contributed by atoms with Crippen molar-refractivity contribution >= 4 is 11.9 Å². The molecule has 0 bridgehead atoms. The summed E-state index contributed by atoms with van der Waals surface area (Å²) in [4.78, 5) is 22.7. The van der Waals surface area contributed by atoms with E-state index in [1.165, 1.54) is 6.92 Å². The molecule has 1 rings (SSSR count). The van der Waals surface area contributed by atoms with Crippen LogP contribution in [-0.4, -0.2) is 30.4 Å². The zero-order chi connectivity index (χ0) is 14.8. The first kappa shape index (κ1) is 16.0. The van der Waals surface area contributed by atoms with Crippen molar-refractivity contribution in [2.24, 2.45) is 11.3 Å². The Morgan fingerprint density at radius 1 is 1.21 bits per heavy atom. The van der Waals surface area contributed by atoms with Crippen LogP contribution in [0.2, 0.25) is 0 Å². The van der Waals surface area contributed by atoms with Gasteiger partial charge in [-0.1, -0.05) is 27.7 Å². The maximum absolute atomic E-state index is 11.6. The first-order chi connectivity index (χ1) is 8.70. The van der Waals surface area contributed by atoms with E-state index >= 15 is 0 Å². The SMILES string of the molecule is CCC(=O)OC1C(C)C(OC(C)=O)OC(C)C1(C)C. The molecule has 0 N–H and O–H groups in total. The number of esters is 2. The molecule has 1 aliphatic heterocycles. The Morgan fingerprint density at radius 3 is 2.26 bits per heavy atom. The smallest absolute Gasteiger partial charge is 0.305 e. The summed E-state index contributed by atoms with van der Waals surface area (Å²) in [7, 11) is 0. The summed E-state index contributed by atoms with van der Waals surface area (Å²) >= 11 is 0. The van der Waals surface area contributed by atoms with Crippen LogP contribution in [0.4, 0.5) is 0 Å². The van der Waals surface area contributed by atoms with E-state index in [2.05, 4.69) is 0 Å². The second kappa shape index (κ2) is 5.90. The van der Waals surface area contributed by atoms with Gasteiger partial charge in [0.1, 0.15) is 6.10 Å². The summed E-state index contributed by atoms with van der Waals surface area (Å²) in [5.41, 5.74) is -0.332. The number of rotatable bonds is 3. The summed E-state index contributed by atoms with van der Waals surface area (Å²) in [6, 6.07) is 0. The summed E-state index contributed by atoms with van der Waals surface area (Å²) in [5, 5.41) is 0. The molecule has 0 radical (unpaired) electrons. The lowest BCUT2D eigenvalue weighted by Gasteiger charge is -2.48. The van der Waals surface area contributed by atoms with E-state index in [1.807, 2.05) is 27.7 Å². The van der Waals surface area contributed by atoms with E-state index in [9.17, 15) is 9.59 Å². The van der Waals surface area contributed by atoms with Crippen molar-refractivity contribution in [2.75, 3.05) is 0 Å². The van der Waals surface area contributed by atoms with Crippen molar-refractivity contribution in [2.45, 2.75) is 66.5 Å². The van der Waals surface area contributed by atoms with Gasteiger partial charge in [-0.05, 0) is 6.92 Å². The molecule has 5 heteroatoms. The van der Waals surface area contributed by atoms with Crippen LogP contribution in [0.5, 0.6) is 0 Å². The first-order valence-electron chi connectivity index (χ1n) is 6.72. The normalized spacial score (nSPS) is 33.6. The lowest BCUT2D eigenvalue weighted by atomic mass is 9.73. The summed E-state index contributed by atoms with van der Waals surface area (Å²) in [5.74, 6) is -0.851. The van der Waals surface area contributed by atoms with E-state index in [1.54, 1.807) is 6.92 Å². The molecule has 110 valence electrons. The molecule has 1 fully saturated rings. The van der Waals surface area contributed by atoms with Gasteiger partial charge in [-0.2, -0.15) is 0 Å². The van der Waals surface area contributed by atoms with Crippen LogP contribution >= 0.6 is 0 Å². The Bertz CT molecular complexity index is 350. The Kier molecular flexibility index (Phi) is 4.96. The van der Waals surface area contributed by atoms with Crippen molar-refractivity contribution in [1.29, 1.82) is 0 Å². The fraction of sp³-hybridized carbons (Fsp3) is 0.857. The zero-order valence-electron chi connectivity index (χ0n) is 12.6. The van der Waals surface area contributed by atoms with Gasteiger partial charge in [-0.3, -0.25) is 9.59 Å². The fourth-order valence-corrected chi connectivity index (χ4v) is 2.33. The molecule has 5 nitrogen and oxygen atoms in total. The number of carbonyl (C=O) groups is 2. The highest BCUT2D eigenvalue weighted by atomic mass is 16.7. The molecule has 4 atom stereocenters. The van der Waals surface area contributed by atoms with Gasteiger partial charge in [0.25, 0.3) is 0 Å². The largest absolute Gasteiger partial charge is 0.461 e. The minimum absolute atomic E-state index is 0.178. The van der Waals surface area contributed by atoms with Gasteiger partial charge in [-0.25, -0.2) is 0 Å². The van der Waals surface area contributed by atoms with Crippen LogP contribution in [0.3, 0.4) is 0 Å². The Hall–Kier alpha value is -1.10. The maximum Gasteiger partial charge on any atom is 0.305 e. The lowest BCUT2D eigenvalue weighted by molar-refractivity contribution is -0.275. The van der Waals surface area contributed by atoms with E-state index < -0.39 is 12.3 Å². The molecule has 0 aromatic carbocycles. The van der Waals surface area contributed by atoms with Gasteiger partial charge in [0.05, 0.1) is 12.0 Å². The Morgan fingerprint density at radius 2 is 1.79 bits per heavy atom. The van der Waals surface area contributed by atoms with Gasteiger partial charge in [-0.15, -0.1) is 0 Å². The highest BCUT2D eigenvalue weighted by molar-refractivity contribution is 5.69. The van der Waals surface area contributed by atoms with Crippen molar-refractivity contribution in [1.82, 2.24) is 0 Å². The van der Waals surface area contributed by atoms with E-state index in [4.69, 9.17) is 14.2 Å². The van der Waals surface area contributed by atoms with Crippen LogP contribution in [0, 0.1) is 11.3 Å². The maximum atomic E-state index is 11.6. The molecule has 4 unspecified atom stereocenters. The van der Waals surface area contributed by atoms with Crippen molar-refractivity contribution in [3.8, 4) is 0 Å². The van der Waals surface area contributed by atoms with Crippen LogP contribution in [0.25, 0.3) is 0 Å². The number of hydrogen-bond acceptors (Lipinski definition) is 5. The average molecular weight is 272 g/mol.